The average molecular weight is 430 g/mol. The van der Waals surface area contributed by atoms with Gasteiger partial charge in [-0.3, -0.25) is 0 Å². The van der Waals surface area contributed by atoms with Crippen LogP contribution in [0.4, 0.5) is 5.95 Å². The minimum atomic E-state index is -0.369. The second-order valence-electron chi connectivity index (χ2n) is 6.86. The number of aromatic nitrogens is 2. The molecule has 162 valence electrons. The molecule has 0 spiro atoms. The first-order valence-electron chi connectivity index (χ1n) is 9.88. The average Bonchev–Trinajstić information content (AvgIpc) is 3.25. The van der Waals surface area contributed by atoms with Crippen LogP contribution in [0.25, 0.3) is 11.0 Å². The summed E-state index contributed by atoms with van der Waals surface area (Å²) in [5.41, 5.74) is 6.95. The molecule has 0 radical (unpaired) electrons. The van der Waals surface area contributed by atoms with Crippen molar-refractivity contribution < 1.29 is 19.0 Å². The highest BCUT2D eigenvalue weighted by molar-refractivity contribution is 5.89. The molecule has 8 heteroatoms. The fourth-order valence-corrected chi connectivity index (χ4v) is 3.07. The summed E-state index contributed by atoms with van der Waals surface area (Å²) >= 11 is 0. The number of anilines is 1. The van der Waals surface area contributed by atoms with E-state index in [0.29, 0.717) is 29.6 Å². The van der Waals surface area contributed by atoms with Crippen LogP contribution in [0, 0.1) is 0 Å². The Kier molecular flexibility index (Phi) is 6.31. The van der Waals surface area contributed by atoms with Gasteiger partial charge in [-0.25, -0.2) is 15.2 Å². The van der Waals surface area contributed by atoms with Gasteiger partial charge in [0.15, 0.2) is 11.5 Å². The van der Waals surface area contributed by atoms with Crippen molar-refractivity contribution in [2.24, 2.45) is 5.10 Å². The van der Waals surface area contributed by atoms with E-state index in [1.807, 2.05) is 54.6 Å². The number of imidazole rings is 1. The number of benzene rings is 3. The number of carbonyl (C=O) groups is 1. The van der Waals surface area contributed by atoms with E-state index in [1.165, 1.54) is 7.11 Å². The minimum absolute atomic E-state index is 0.332. The lowest BCUT2D eigenvalue weighted by Gasteiger charge is -2.11. The van der Waals surface area contributed by atoms with Gasteiger partial charge in [0.2, 0.25) is 5.95 Å². The van der Waals surface area contributed by atoms with Crippen molar-refractivity contribution in [2.75, 3.05) is 19.6 Å². The SMILES string of the molecule is COC(=O)c1ccc(COc2ccc(/C=N\Nc3nc4ccccc4[nH]3)cc2OC)cc1. The molecule has 0 aliphatic rings. The van der Waals surface area contributed by atoms with E-state index in [0.717, 1.165) is 22.2 Å². The normalized spacial score (nSPS) is 10.9. The summed E-state index contributed by atoms with van der Waals surface area (Å²) in [5.74, 6) is 1.38. The zero-order valence-electron chi connectivity index (χ0n) is 17.7. The van der Waals surface area contributed by atoms with E-state index in [2.05, 4.69) is 20.5 Å². The van der Waals surface area contributed by atoms with Crippen LogP contribution >= 0.6 is 0 Å². The van der Waals surface area contributed by atoms with Crippen molar-refractivity contribution in [3.05, 3.63) is 83.4 Å². The Morgan fingerprint density at radius 1 is 1.06 bits per heavy atom. The number of rotatable bonds is 8. The summed E-state index contributed by atoms with van der Waals surface area (Å²) in [7, 11) is 2.94. The van der Waals surface area contributed by atoms with Gasteiger partial charge < -0.3 is 19.2 Å². The van der Waals surface area contributed by atoms with Gasteiger partial charge in [-0.2, -0.15) is 5.10 Å². The van der Waals surface area contributed by atoms with Gasteiger partial charge in [0.05, 0.1) is 37.0 Å². The Bertz CT molecular complexity index is 1220. The fraction of sp³-hybridized carbons (Fsp3) is 0.125. The summed E-state index contributed by atoms with van der Waals surface area (Å²) < 4.78 is 16.1. The maximum Gasteiger partial charge on any atom is 0.337 e. The van der Waals surface area contributed by atoms with Gasteiger partial charge in [-0.15, -0.1) is 0 Å². The Morgan fingerprint density at radius 2 is 1.88 bits per heavy atom. The number of carbonyl (C=O) groups excluding carboxylic acids is 1. The molecule has 0 unspecified atom stereocenters. The number of hydrogen-bond acceptors (Lipinski definition) is 7. The topological polar surface area (TPSA) is 97.8 Å². The molecule has 32 heavy (non-hydrogen) atoms. The van der Waals surface area contributed by atoms with E-state index < -0.39 is 0 Å². The van der Waals surface area contributed by atoms with Crippen LogP contribution < -0.4 is 14.9 Å². The number of H-pyrrole nitrogens is 1. The molecule has 0 saturated heterocycles. The second kappa shape index (κ2) is 9.65. The zero-order valence-corrected chi connectivity index (χ0v) is 17.7. The van der Waals surface area contributed by atoms with Gasteiger partial charge in [-0.1, -0.05) is 24.3 Å². The number of esters is 1. The number of ether oxygens (including phenoxy) is 3. The summed E-state index contributed by atoms with van der Waals surface area (Å²) in [6, 6.07) is 20.3. The molecule has 0 fully saturated rings. The lowest BCUT2D eigenvalue weighted by Crippen LogP contribution is -2.02. The largest absolute Gasteiger partial charge is 0.493 e. The van der Waals surface area contributed by atoms with Crippen LogP contribution in [-0.4, -0.2) is 36.4 Å². The molecule has 4 rings (SSSR count). The highest BCUT2D eigenvalue weighted by Crippen LogP contribution is 2.28. The number of aromatic amines is 1. The molecule has 8 nitrogen and oxygen atoms in total. The smallest absolute Gasteiger partial charge is 0.337 e. The molecule has 2 N–H and O–H groups in total. The molecular formula is C24H22N4O4. The Labute approximate surface area is 184 Å². The fourth-order valence-electron chi connectivity index (χ4n) is 3.07. The summed E-state index contributed by atoms with van der Waals surface area (Å²) in [4.78, 5) is 19.1. The van der Waals surface area contributed by atoms with E-state index in [1.54, 1.807) is 25.5 Å². The quantitative estimate of drug-likeness (QED) is 0.245. The van der Waals surface area contributed by atoms with Crippen molar-refractivity contribution in [3.63, 3.8) is 0 Å². The molecular weight excluding hydrogens is 408 g/mol. The van der Waals surface area contributed by atoms with Crippen molar-refractivity contribution in [1.82, 2.24) is 9.97 Å². The number of methoxy groups -OCH3 is 2. The third-order valence-corrected chi connectivity index (χ3v) is 4.73. The lowest BCUT2D eigenvalue weighted by atomic mass is 10.1. The van der Waals surface area contributed by atoms with Crippen LogP contribution in [0.1, 0.15) is 21.5 Å². The third kappa shape index (κ3) is 4.86. The van der Waals surface area contributed by atoms with Crippen LogP contribution in [0.5, 0.6) is 11.5 Å². The number of para-hydroxylation sites is 2. The summed E-state index contributed by atoms with van der Waals surface area (Å²) in [6.07, 6.45) is 1.67. The molecule has 0 bridgehead atoms. The maximum absolute atomic E-state index is 11.5. The van der Waals surface area contributed by atoms with Crippen molar-refractivity contribution in [1.29, 1.82) is 0 Å². The molecule has 3 aromatic carbocycles. The number of fused-ring (bicyclic) bond motifs is 1. The molecule has 0 atom stereocenters. The van der Waals surface area contributed by atoms with Crippen molar-refractivity contribution in [3.8, 4) is 11.5 Å². The number of nitrogens with zero attached hydrogens (tertiary/aromatic N) is 2. The van der Waals surface area contributed by atoms with Crippen LogP contribution in [0.2, 0.25) is 0 Å². The molecule has 4 aromatic rings. The predicted molar refractivity (Wildman–Crippen MR) is 122 cm³/mol. The Balaban J connectivity index is 1.38. The summed E-state index contributed by atoms with van der Waals surface area (Å²) in [5, 5.41) is 4.23. The van der Waals surface area contributed by atoms with E-state index in [4.69, 9.17) is 14.2 Å². The number of hydrazone groups is 1. The van der Waals surface area contributed by atoms with Crippen molar-refractivity contribution >= 4 is 29.2 Å². The molecule has 0 aliphatic carbocycles. The predicted octanol–water partition coefficient (Wildman–Crippen LogP) is 4.38. The third-order valence-electron chi connectivity index (χ3n) is 4.73. The molecule has 0 saturated carbocycles. The second-order valence-corrected chi connectivity index (χ2v) is 6.86. The van der Waals surface area contributed by atoms with E-state index in [-0.39, 0.29) is 5.97 Å². The highest BCUT2D eigenvalue weighted by atomic mass is 16.5. The Hall–Kier alpha value is -4.33. The molecule has 0 aliphatic heterocycles. The zero-order chi connectivity index (χ0) is 22.3. The van der Waals surface area contributed by atoms with Gasteiger partial charge in [0.1, 0.15) is 6.61 Å². The first kappa shape index (κ1) is 20.9. The van der Waals surface area contributed by atoms with Crippen LogP contribution in [-0.2, 0) is 11.3 Å². The maximum atomic E-state index is 11.5. The van der Waals surface area contributed by atoms with Gasteiger partial charge in [0, 0.05) is 0 Å². The summed E-state index contributed by atoms with van der Waals surface area (Å²) in [6.45, 7) is 0.332. The monoisotopic (exact) mass is 430 g/mol. The van der Waals surface area contributed by atoms with Crippen LogP contribution in [0.15, 0.2) is 71.8 Å². The van der Waals surface area contributed by atoms with E-state index >= 15 is 0 Å². The van der Waals surface area contributed by atoms with Crippen LogP contribution in [0.3, 0.4) is 0 Å². The first-order chi connectivity index (χ1) is 15.7. The van der Waals surface area contributed by atoms with Gasteiger partial charge >= 0.3 is 5.97 Å². The molecule has 0 amide bonds. The van der Waals surface area contributed by atoms with Gasteiger partial charge in [-0.05, 0) is 53.6 Å². The number of nitrogens with one attached hydrogen (secondary N) is 2. The lowest BCUT2D eigenvalue weighted by molar-refractivity contribution is 0.0600. The van der Waals surface area contributed by atoms with Gasteiger partial charge in [0.25, 0.3) is 0 Å². The standard InChI is InChI=1S/C24H22N4O4/c1-30-22-13-17(14-25-28-24-26-19-5-3-4-6-20(19)27-24)9-12-21(22)32-15-16-7-10-18(11-8-16)23(29)31-2/h3-14H,15H2,1-2H3,(H2,26,27,28)/b25-14-. The first-order valence-corrected chi connectivity index (χ1v) is 9.88. The van der Waals surface area contributed by atoms with Crippen molar-refractivity contribution in [2.45, 2.75) is 6.61 Å². The molecule has 1 aromatic heterocycles. The highest BCUT2D eigenvalue weighted by Gasteiger charge is 2.08. The number of hydrogen-bond donors (Lipinski definition) is 2. The Morgan fingerprint density at radius 3 is 2.62 bits per heavy atom. The van der Waals surface area contributed by atoms with E-state index in [9.17, 15) is 4.79 Å². The minimum Gasteiger partial charge on any atom is -0.493 e. The molecule has 1 heterocycles.